The minimum absolute atomic E-state index is 0.215. The van der Waals surface area contributed by atoms with Gasteiger partial charge in [0.15, 0.2) is 5.69 Å². The molecule has 1 amide bonds. The van der Waals surface area contributed by atoms with Crippen molar-refractivity contribution in [2.24, 2.45) is 0 Å². The van der Waals surface area contributed by atoms with Crippen LogP contribution in [0.1, 0.15) is 34.0 Å². The number of amides is 1. The largest absolute Gasteiger partial charge is 0.351 e. The highest BCUT2D eigenvalue weighted by Crippen LogP contribution is 2.10. The van der Waals surface area contributed by atoms with Gasteiger partial charge in [-0.25, -0.2) is 4.68 Å². The van der Waals surface area contributed by atoms with E-state index >= 15 is 0 Å². The van der Waals surface area contributed by atoms with Crippen molar-refractivity contribution >= 4 is 17.6 Å². The van der Waals surface area contributed by atoms with E-state index in [-0.39, 0.29) is 5.91 Å². The molecule has 1 N–H and O–H groups in total. The average molecular weight is 346 g/mol. The Labute approximate surface area is 143 Å². The fourth-order valence-corrected chi connectivity index (χ4v) is 2.77. The number of nitrogens with zero attached hydrogens (tertiary/aromatic N) is 7. The molecule has 24 heavy (non-hydrogen) atoms. The van der Waals surface area contributed by atoms with E-state index in [1.165, 1.54) is 11.7 Å². The second kappa shape index (κ2) is 7.30. The van der Waals surface area contributed by atoms with E-state index in [9.17, 15) is 4.79 Å². The van der Waals surface area contributed by atoms with Crippen molar-refractivity contribution in [2.75, 3.05) is 6.54 Å². The summed E-state index contributed by atoms with van der Waals surface area (Å²) >= 11 is 1.17. The highest BCUT2D eigenvalue weighted by Gasteiger charge is 2.17. The van der Waals surface area contributed by atoms with Crippen LogP contribution in [0.2, 0.25) is 0 Å². The van der Waals surface area contributed by atoms with Gasteiger partial charge in [0.05, 0.1) is 35.4 Å². The zero-order valence-electron chi connectivity index (χ0n) is 13.5. The zero-order valence-corrected chi connectivity index (χ0v) is 14.3. The summed E-state index contributed by atoms with van der Waals surface area (Å²) in [5.41, 5.74) is 2.78. The van der Waals surface area contributed by atoms with Crippen LogP contribution in [-0.4, -0.2) is 46.0 Å². The van der Waals surface area contributed by atoms with Gasteiger partial charge in [0, 0.05) is 25.5 Å². The summed E-state index contributed by atoms with van der Waals surface area (Å²) in [5.74, 6) is -0.215. The lowest BCUT2D eigenvalue weighted by Crippen LogP contribution is -2.26. The van der Waals surface area contributed by atoms with Crippen molar-refractivity contribution in [2.45, 2.75) is 33.4 Å². The molecule has 0 saturated heterocycles. The molecular formula is C14H18N8OS. The van der Waals surface area contributed by atoms with Crippen LogP contribution < -0.4 is 5.32 Å². The summed E-state index contributed by atoms with van der Waals surface area (Å²) in [4.78, 5) is 12.2. The molecule has 126 valence electrons. The highest BCUT2D eigenvalue weighted by atomic mass is 32.1. The van der Waals surface area contributed by atoms with Crippen LogP contribution in [0.4, 0.5) is 0 Å². The lowest BCUT2D eigenvalue weighted by atomic mass is 10.3. The first kappa shape index (κ1) is 16.2. The van der Waals surface area contributed by atoms with E-state index in [4.69, 9.17) is 0 Å². The third-order valence-corrected chi connectivity index (χ3v) is 4.31. The minimum atomic E-state index is -0.215. The van der Waals surface area contributed by atoms with Crippen LogP contribution in [0.3, 0.4) is 0 Å². The molecule has 0 atom stereocenters. The van der Waals surface area contributed by atoms with Crippen molar-refractivity contribution in [3.05, 3.63) is 41.2 Å². The molecule has 0 aromatic carbocycles. The first-order valence-corrected chi connectivity index (χ1v) is 8.32. The lowest BCUT2D eigenvalue weighted by Gasteiger charge is -2.05. The molecule has 0 saturated carbocycles. The second-order valence-electron chi connectivity index (χ2n) is 5.36. The van der Waals surface area contributed by atoms with Crippen molar-refractivity contribution < 1.29 is 4.79 Å². The molecule has 3 rings (SSSR count). The van der Waals surface area contributed by atoms with Gasteiger partial charge in [-0.1, -0.05) is 5.21 Å². The molecule has 0 aliphatic heterocycles. The van der Waals surface area contributed by atoms with Gasteiger partial charge in [0.25, 0.3) is 5.91 Å². The van der Waals surface area contributed by atoms with Gasteiger partial charge in [0.1, 0.15) is 0 Å². The van der Waals surface area contributed by atoms with E-state index in [1.54, 1.807) is 10.9 Å². The molecule has 3 aromatic heterocycles. The molecule has 0 radical (unpaired) electrons. The third kappa shape index (κ3) is 3.65. The summed E-state index contributed by atoms with van der Waals surface area (Å²) < 4.78 is 11.9. The van der Waals surface area contributed by atoms with Crippen molar-refractivity contribution in [3.63, 3.8) is 0 Å². The van der Waals surface area contributed by atoms with Crippen molar-refractivity contribution in [1.82, 2.24) is 38.8 Å². The monoisotopic (exact) mass is 346 g/mol. The number of hydrogen-bond acceptors (Lipinski definition) is 7. The minimum Gasteiger partial charge on any atom is -0.351 e. The van der Waals surface area contributed by atoms with Crippen molar-refractivity contribution in [3.8, 4) is 0 Å². The number of carbonyl (C=O) groups is 1. The van der Waals surface area contributed by atoms with Crippen LogP contribution in [-0.2, 0) is 13.1 Å². The molecule has 0 fully saturated rings. The topological polar surface area (TPSA) is 103 Å². The summed E-state index contributed by atoms with van der Waals surface area (Å²) in [5, 5.41) is 15.0. The maximum atomic E-state index is 12.2. The van der Waals surface area contributed by atoms with E-state index in [0.29, 0.717) is 24.5 Å². The SMILES string of the molecule is Cc1nsnc1Cn1nnc(C(=O)NCCCn2cccn2)c1C. The predicted molar refractivity (Wildman–Crippen MR) is 87.7 cm³/mol. The lowest BCUT2D eigenvalue weighted by molar-refractivity contribution is 0.0947. The summed E-state index contributed by atoms with van der Waals surface area (Å²) in [7, 11) is 0. The van der Waals surface area contributed by atoms with E-state index in [2.05, 4.69) is 29.5 Å². The molecular weight excluding hydrogens is 328 g/mol. The summed E-state index contributed by atoms with van der Waals surface area (Å²) in [6.07, 6.45) is 4.43. The molecule has 0 aliphatic rings. The average Bonchev–Trinajstić information content (AvgIpc) is 3.29. The zero-order chi connectivity index (χ0) is 16.9. The first-order valence-electron chi connectivity index (χ1n) is 7.59. The van der Waals surface area contributed by atoms with Crippen LogP contribution >= 0.6 is 11.7 Å². The van der Waals surface area contributed by atoms with Gasteiger partial charge in [0.2, 0.25) is 0 Å². The molecule has 3 aromatic rings. The maximum Gasteiger partial charge on any atom is 0.273 e. The van der Waals surface area contributed by atoms with Crippen LogP contribution in [0.15, 0.2) is 18.5 Å². The Balaban J connectivity index is 1.54. The van der Waals surface area contributed by atoms with Gasteiger partial charge in [-0.2, -0.15) is 13.8 Å². The quantitative estimate of drug-likeness (QED) is 0.635. The van der Waals surface area contributed by atoms with Gasteiger partial charge in [-0.05, 0) is 26.3 Å². The van der Waals surface area contributed by atoms with E-state index < -0.39 is 0 Å². The van der Waals surface area contributed by atoms with Crippen molar-refractivity contribution in [1.29, 1.82) is 0 Å². The fraction of sp³-hybridized carbons (Fsp3) is 0.429. The number of hydrogen-bond donors (Lipinski definition) is 1. The Morgan fingerprint density at radius 2 is 2.21 bits per heavy atom. The van der Waals surface area contributed by atoms with Gasteiger partial charge in [-0.3, -0.25) is 9.48 Å². The Morgan fingerprint density at radius 3 is 2.92 bits per heavy atom. The van der Waals surface area contributed by atoms with Crippen LogP contribution in [0.25, 0.3) is 0 Å². The number of carbonyl (C=O) groups excluding carboxylic acids is 1. The predicted octanol–water partition coefficient (Wildman–Crippen LogP) is 0.811. The van der Waals surface area contributed by atoms with Crippen LogP contribution in [0, 0.1) is 13.8 Å². The Kier molecular flexibility index (Phi) is 4.94. The van der Waals surface area contributed by atoms with Crippen LogP contribution in [0.5, 0.6) is 0 Å². The molecule has 0 aliphatic carbocycles. The Morgan fingerprint density at radius 1 is 1.33 bits per heavy atom. The standard InChI is InChI=1S/C14H18N8OS/c1-10-12(19-24-18-10)9-22-11(2)13(17-20-22)14(23)15-5-3-7-21-8-4-6-16-21/h4,6,8H,3,5,7,9H2,1-2H3,(H,15,23). The molecule has 0 spiro atoms. The Bertz CT molecular complexity index is 807. The number of aryl methyl sites for hydroxylation is 2. The van der Waals surface area contributed by atoms with Gasteiger partial charge in [-0.15, -0.1) is 5.10 Å². The second-order valence-corrected chi connectivity index (χ2v) is 5.88. The van der Waals surface area contributed by atoms with E-state index in [1.807, 2.05) is 30.8 Å². The number of nitrogens with one attached hydrogen (secondary N) is 1. The summed E-state index contributed by atoms with van der Waals surface area (Å²) in [6.45, 7) is 5.51. The normalized spacial score (nSPS) is 10.9. The highest BCUT2D eigenvalue weighted by molar-refractivity contribution is 6.99. The smallest absolute Gasteiger partial charge is 0.273 e. The van der Waals surface area contributed by atoms with Gasteiger partial charge < -0.3 is 5.32 Å². The Hall–Kier alpha value is -2.62. The van der Waals surface area contributed by atoms with E-state index in [0.717, 1.165) is 24.4 Å². The number of aromatic nitrogens is 7. The molecule has 3 heterocycles. The molecule has 10 heteroatoms. The fourth-order valence-electron chi connectivity index (χ4n) is 2.21. The summed E-state index contributed by atoms with van der Waals surface area (Å²) in [6, 6.07) is 1.87. The number of rotatable bonds is 7. The first-order chi connectivity index (χ1) is 11.6. The maximum absolute atomic E-state index is 12.2. The molecule has 9 nitrogen and oxygen atoms in total. The molecule has 0 bridgehead atoms. The molecule has 0 unspecified atom stereocenters. The third-order valence-electron chi connectivity index (χ3n) is 3.65. The van der Waals surface area contributed by atoms with Gasteiger partial charge >= 0.3 is 0 Å².